The van der Waals surface area contributed by atoms with Gasteiger partial charge in [0.05, 0.1) is 11.9 Å². The van der Waals surface area contributed by atoms with Gasteiger partial charge in [-0.3, -0.25) is 14.3 Å². The minimum atomic E-state index is -3.41. The quantitative estimate of drug-likeness (QED) is 0.841. The van der Waals surface area contributed by atoms with E-state index in [2.05, 4.69) is 4.72 Å². The van der Waals surface area contributed by atoms with Crippen molar-refractivity contribution >= 4 is 27.5 Å². The van der Waals surface area contributed by atoms with E-state index < -0.39 is 10.0 Å². The largest absolute Gasteiger partial charge is 0.369 e. The monoisotopic (exact) mass is 339 g/mol. The molecule has 3 N–H and O–H groups in total. The van der Waals surface area contributed by atoms with Crippen molar-refractivity contribution in [2.24, 2.45) is 11.7 Å². The Kier molecular flexibility index (Phi) is 4.93. The molecule has 0 aromatic heterocycles. The van der Waals surface area contributed by atoms with Crippen LogP contribution >= 0.6 is 0 Å². The highest BCUT2D eigenvalue weighted by Gasteiger charge is 2.26. The molecule has 1 aromatic carbocycles. The number of nitrogens with two attached hydrogens (primary N) is 1. The minimum Gasteiger partial charge on any atom is -0.369 e. The van der Waals surface area contributed by atoms with Crippen LogP contribution in [0.25, 0.3) is 0 Å². The van der Waals surface area contributed by atoms with Crippen molar-refractivity contribution in [3.05, 3.63) is 29.3 Å². The molecule has 1 aliphatic rings. The van der Waals surface area contributed by atoms with Crippen LogP contribution in [0.5, 0.6) is 0 Å². The maximum atomic E-state index is 12.5. The molecule has 0 aliphatic carbocycles. The van der Waals surface area contributed by atoms with Gasteiger partial charge in [-0.2, -0.15) is 0 Å². The lowest BCUT2D eigenvalue weighted by molar-refractivity contribution is -0.123. The van der Waals surface area contributed by atoms with Gasteiger partial charge >= 0.3 is 0 Å². The number of sulfonamides is 1. The topological polar surface area (TPSA) is 110 Å². The summed E-state index contributed by atoms with van der Waals surface area (Å²) in [6.45, 7) is 2.70. The van der Waals surface area contributed by atoms with Gasteiger partial charge in [0.1, 0.15) is 0 Å². The zero-order valence-electron chi connectivity index (χ0n) is 13.2. The Hall–Kier alpha value is -2.09. The first kappa shape index (κ1) is 17.3. The van der Waals surface area contributed by atoms with E-state index in [1.807, 2.05) is 0 Å². The zero-order chi connectivity index (χ0) is 17.2. The predicted octanol–water partition coefficient (Wildman–Crippen LogP) is 0.704. The van der Waals surface area contributed by atoms with E-state index in [1.54, 1.807) is 30.0 Å². The molecule has 1 heterocycles. The van der Waals surface area contributed by atoms with E-state index in [4.69, 9.17) is 5.73 Å². The summed E-state index contributed by atoms with van der Waals surface area (Å²) in [6.07, 6.45) is 2.18. The van der Waals surface area contributed by atoms with E-state index in [0.717, 1.165) is 11.8 Å². The van der Waals surface area contributed by atoms with Crippen LogP contribution in [-0.4, -0.2) is 44.5 Å². The number of benzene rings is 1. The second-order valence-corrected chi connectivity index (χ2v) is 7.62. The Morgan fingerprint density at radius 2 is 1.87 bits per heavy atom. The fraction of sp³-hybridized carbons (Fsp3) is 0.467. The number of carbonyl (C=O) groups excluding carboxylic acids is 2. The predicted molar refractivity (Wildman–Crippen MR) is 87.5 cm³/mol. The molecule has 0 radical (unpaired) electrons. The van der Waals surface area contributed by atoms with Gasteiger partial charge in [-0.05, 0) is 37.5 Å². The molecule has 23 heavy (non-hydrogen) atoms. The molecular formula is C15H21N3O4S. The molecule has 8 heteroatoms. The van der Waals surface area contributed by atoms with Gasteiger partial charge < -0.3 is 10.6 Å². The molecule has 2 rings (SSSR count). The standard InChI is InChI=1S/C15H21N3O4S/c1-10-3-4-12(9-13(10)17-23(2,21)22)15(20)18-7-5-11(6-8-18)14(16)19/h3-4,9,11,17H,5-8H2,1-2H3,(H2,16,19). The van der Waals surface area contributed by atoms with Gasteiger partial charge in [0.15, 0.2) is 0 Å². The third kappa shape index (κ3) is 4.44. The van der Waals surface area contributed by atoms with Crippen LogP contribution in [0, 0.1) is 12.8 Å². The number of nitrogens with one attached hydrogen (secondary N) is 1. The molecule has 0 saturated carbocycles. The molecule has 0 atom stereocenters. The molecule has 126 valence electrons. The van der Waals surface area contributed by atoms with E-state index in [0.29, 0.717) is 37.2 Å². The second kappa shape index (κ2) is 6.57. The Bertz CT molecular complexity index is 722. The molecule has 1 saturated heterocycles. The van der Waals surface area contributed by atoms with Crippen molar-refractivity contribution in [1.29, 1.82) is 0 Å². The molecule has 0 unspecified atom stereocenters. The summed E-state index contributed by atoms with van der Waals surface area (Å²) in [5.74, 6) is -0.684. The maximum Gasteiger partial charge on any atom is 0.253 e. The van der Waals surface area contributed by atoms with Crippen LogP contribution in [0.2, 0.25) is 0 Å². The van der Waals surface area contributed by atoms with E-state index in [1.165, 1.54) is 0 Å². The number of anilines is 1. The molecule has 2 amide bonds. The molecule has 1 fully saturated rings. The summed E-state index contributed by atoms with van der Waals surface area (Å²) in [5.41, 5.74) is 6.83. The number of nitrogens with zero attached hydrogens (tertiary/aromatic N) is 1. The van der Waals surface area contributed by atoms with Gasteiger partial charge in [0, 0.05) is 24.6 Å². The number of carbonyl (C=O) groups is 2. The molecule has 1 aliphatic heterocycles. The highest BCUT2D eigenvalue weighted by atomic mass is 32.2. The first-order chi connectivity index (χ1) is 10.7. The summed E-state index contributed by atoms with van der Waals surface area (Å²) in [7, 11) is -3.41. The third-order valence-electron chi connectivity index (χ3n) is 3.96. The first-order valence-corrected chi connectivity index (χ1v) is 9.23. The van der Waals surface area contributed by atoms with Crippen LogP contribution in [0.3, 0.4) is 0 Å². The smallest absolute Gasteiger partial charge is 0.253 e. The van der Waals surface area contributed by atoms with Crippen LogP contribution in [0.4, 0.5) is 5.69 Å². The average Bonchev–Trinajstić information content (AvgIpc) is 2.47. The van der Waals surface area contributed by atoms with Crippen LogP contribution in [0.15, 0.2) is 18.2 Å². The van der Waals surface area contributed by atoms with Crippen molar-refractivity contribution in [3.8, 4) is 0 Å². The maximum absolute atomic E-state index is 12.5. The number of rotatable bonds is 4. The van der Waals surface area contributed by atoms with E-state index >= 15 is 0 Å². The Morgan fingerprint density at radius 3 is 2.39 bits per heavy atom. The number of amides is 2. The number of primary amides is 1. The van der Waals surface area contributed by atoms with Crippen LogP contribution in [-0.2, 0) is 14.8 Å². The van der Waals surface area contributed by atoms with Crippen LogP contribution in [0.1, 0.15) is 28.8 Å². The Labute approximate surface area is 135 Å². The lowest BCUT2D eigenvalue weighted by Crippen LogP contribution is -2.41. The number of hydrogen-bond donors (Lipinski definition) is 2. The molecule has 0 spiro atoms. The fourth-order valence-corrected chi connectivity index (χ4v) is 3.23. The second-order valence-electron chi connectivity index (χ2n) is 5.87. The zero-order valence-corrected chi connectivity index (χ0v) is 14.0. The summed E-state index contributed by atoms with van der Waals surface area (Å²) in [6, 6.07) is 4.92. The van der Waals surface area contributed by atoms with Gasteiger partial charge in [-0.1, -0.05) is 6.07 Å². The number of hydrogen-bond acceptors (Lipinski definition) is 4. The SMILES string of the molecule is Cc1ccc(C(=O)N2CCC(C(N)=O)CC2)cc1NS(C)(=O)=O. The first-order valence-electron chi connectivity index (χ1n) is 7.34. The fourth-order valence-electron chi connectivity index (χ4n) is 2.61. The molecule has 0 bridgehead atoms. The summed E-state index contributed by atoms with van der Waals surface area (Å²) >= 11 is 0. The van der Waals surface area contributed by atoms with E-state index in [-0.39, 0.29) is 17.7 Å². The average molecular weight is 339 g/mol. The van der Waals surface area contributed by atoms with Gasteiger partial charge in [-0.25, -0.2) is 8.42 Å². The Balaban J connectivity index is 2.14. The van der Waals surface area contributed by atoms with Gasteiger partial charge in [0.2, 0.25) is 15.9 Å². The van der Waals surface area contributed by atoms with Crippen molar-refractivity contribution in [2.45, 2.75) is 19.8 Å². The highest BCUT2D eigenvalue weighted by molar-refractivity contribution is 7.92. The number of aryl methyl sites for hydroxylation is 1. The summed E-state index contributed by atoms with van der Waals surface area (Å²) < 4.78 is 25.2. The lowest BCUT2D eigenvalue weighted by atomic mass is 9.95. The summed E-state index contributed by atoms with van der Waals surface area (Å²) in [5, 5.41) is 0. The van der Waals surface area contributed by atoms with E-state index in [9.17, 15) is 18.0 Å². The minimum absolute atomic E-state index is 0.176. The normalized spacial score (nSPS) is 16.2. The van der Waals surface area contributed by atoms with Crippen molar-refractivity contribution in [3.63, 3.8) is 0 Å². The van der Waals surface area contributed by atoms with Gasteiger partial charge in [-0.15, -0.1) is 0 Å². The van der Waals surface area contributed by atoms with Gasteiger partial charge in [0.25, 0.3) is 5.91 Å². The van der Waals surface area contributed by atoms with Crippen molar-refractivity contribution in [1.82, 2.24) is 4.90 Å². The third-order valence-corrected chi connectivity index (χ3v) is 4.56. The number of likely N-dealkylation sites (tertiary alicyclic amines) is 1. The molecular weight excluding hydrogens is 318 g/mol. The lowest BCUT2D eigenvalue weighted by Gasteiger charge is -2.30. The molecule has 7 nitrogen and oxygen atoms in total. The summed E-state index contributed by atoms with van der Waals surface area (Å²) in [4.78, 5) is 25.4. The Morgan fingerprint density at radius 1 is 1.26 bits per heavy atom. The number of piperidine rings is 1. The van der Waals surface area contributed by atoms with Crippen molar-refractivity contribution < 1.29 is 18.0 Å². The van der Waals surface area contributed by atoms with Crippen molar-refractivity contribution in [2.75, 3.05) is 24.1 Å². The molecule has 1 aromatic rings. The van der Waals surface area contributed by atoms with Crippen LogP contribution < -0.4 is 10.5 Å². The highest BCUT2D eigenvalue weighted by Crippen LogP contribution is 2.22.